The highest BCUT2D eigenvalue weighted by atomic mass is 28.3. The minimum absolute atomic E-state index is 0.404. The first-order valence-corrected chi connectivity index (χ1v) is 9.70. The Labute approximate surface area is 121 Å². The fourth-order valence-corrected chi connectivity index (χ4v) is 8.23. The fraction of sp³-hybridized carbons (Fsp3) is 1.00. The molecule has 0 amide bonds. The van der Waals surface area contributed by atoms with Gasteiger partial charge >= 0.3 is 9.28 Å². The molecule has 0 saturated heterocycles. The second kappa shape index (κ2) is 6.73. The standard InChI is InChI=1S/C16H32O2Si/c1-13-10-14(2)12-16(11-13,19(17-3)18-4)15-8-6-5-7-9-15/h13-15,19H,5-12H2,1-4H3. The van der Waals surface area contributed by atoms with Crippen LogP contribution in [0.3, 0.4) is 0 Å². The Morgan fingerprint density at radius 2 is 1.42 bits per heavy atom. The summed E-state index contributed by atoms with van der Waals surface area (Å²) in [7, 11) is 2.21. The molecule has 2 fully saturated rings. The Morgan fingerprint density at radius 1 is 0.895 bits per heavy atom. The molecule has 0 aromatic carbocycles. The molecular weight excluding hydrogens is 252 g/mol. The van der Waals surface area contributed by atoms with Crippen LogP contribution in [0.1, 0.15) is 65.2 Å². The van der Waals surface area contributed by atoms with Crippen molar-refractivity contribution in [1.29, 1.82) is 0 Å². The molecule has 2 aliphatic carbocycles. The minimum Gasteiger partial charge on any atom is -0.400 e. The summed E-state index contributed by atoms with van der Waals surface area (Å²) in [6.45, 7) is 4.87. The van der Waals surface area contributed by atoms with Gasteiger partial charge in [-0.1, -0.05) is 46.0 Å². The van der Waals surface area contributed by atoms with E-state index in [4.69, 9.17) is 8.85 Å². The fourth-order valence-electron chi connectivity index (χ4n) is 5.20. The zero-order valence-corrected chi connectivity index (χ0v) is 14.4. The summed E-state index contributed by atoms with van der Waals surface area (Å²) in [5.74, 6) is 2.54. The summed E-state index contributed by atoms with van der Waals surface area (Å²) in [4.78, 5) is 0. The predicted octanol–water partition coefficient (Wildman–Crippen LogP) is 4.28. The molecule has 0 aliphatic heterocycles. The topological polar surface area (TPSA) is 18.5 Å². The van der Waals surface area contributed by atoms with Crippen molar-refractivity contribution >= 4 is 9.28 Å². The zero-order valence-electron chi connectivity index (χ0n) is 13.3. The molecule has 2 saturated carbocycles. The largest absolute Gasteiger partial charge is 0.400 e. The van der Waals surface area contributed by atoms with Crippen LogP contribution in [-0.4, -0.2) is 23.5 Å². The summed E-state index contributed by atoms with van der Waals surface area (Å²) in [5.41, 5.74) is 0. The first kappa shape index (κ1) is 15.5. The Hall–Kier alpha value is 0.137. The minimum atomic E-state index is -1.56. The van der Waals surface area contributed by atoms with Crippen LogP contribution in [0.4, 0.5) is 0 Å². The van der Waals surface area contributed by atoms with E-state index in [0.29, 0.717) is 5.04 Å². The maximum atomic E-state index is 5.91. The Balaban J connectivity index is 2.25. The van der Waals surface area contributed by atoms with Crippen LogP contribution < -0.4 is 0 Å². The molecule has 0 aromatic rings. The van der Waals surface area contributed by atoms with Crippen molar-refractivity contribution in [2.24, 2.45) is 17.8 Å². The SMILES string of the molecule is CO[SiH](OC)C1(C2CCCCC2)CC(C)CC(C)C1. The molecule has 112 valence electrons. The average Bonchev–Trinajstić information content (AvgIpc) is 2.40. The lowest BCUT2D eigenvalue weighted by Gasteiger charge is -2.51. The van der Waals surface area contributed by atoms with Crippen molar-refractivity contribution in [3.63, 3.8) is 0 Å². The molecule has 3 heteroatoms. The molecule has 2 rings (SSSR count). The molecule has 0 radical (unpaired) electrons. The second-order valence-electron chi connectivity index (χ2n) is 7.23. The number of rotatable bonds is 4. The van der Waals surface area contributed by atoms with Gasteiger partial charge in [0, 0.05) is 19.3 Å². The molecule has 2 aliphatic rings. The maximum absolute atomic E-state index is 5.91. The highest BCUT2D eigenvalue weighted by Gasteiger charge is 2.51. The Kier molecular flexibility index (Phi) is 5.50. The molecule has 0 spiro atoms. The van der Waals surface area contributed by atoms with Gasteiger partial charge in [0.25, 0.3) is 0 Å². The first-order valence-electron chi connectivity index (χ1n) is 8.18. The highest BCUT2D eigenvalue weighted by molar-refractivity contribution is 6.48. The molecule has 0 aromatic heterocycles. The van der Waals surface area contributed by atoms with Gasteiger partial charge in [0.1, 0.15) is 0 Å². The van der Waals surface area contributed by atoms with Crippen molar-refractivity contribution in [1.82, 2.24) is 0 Å². The lowest BCUT2D eigenvalue weighted by atomic mass is 9.67. The quantitative estimate of drug-likeness (QED) is 0.718. The molecule has 0 N–H and O–H groups in total. The van der Waals surface area contributed by atoms with Gasteiger partial charge in [-0.05, 0) is 37.0 Å². The van der Waals surface area contributed by atoms with E-state index >= 15 is 0 Å². The van der Waals surface area contributed by atoms with E-state index in [-0.39, 0.29) is 0 Å². The Bertz CT molecular complexity index is 262. The van der Waals surface area contributed by atoms with Gasteiger partial charge in [-0.2, -0.15) is 0 Å². The first-order chi connectivity index (χ1) is 9.12. The van der Waals surface area contributed by atoms with E-state index < -0.39 is 9.28 Å². The van der Waals surface area contributed by atoms with Gasteiger partial charge in [-0.25, -0.2) is 0 Å². The van der Waals surface area contributed by atoms with E-state index in [1.165, 1.54) is 51.4 Å². The van der Waals surface area contributed by atoms with Gasteiger partial charge < -0.3 is 8.85 Å². The zero-order chi connectivity index (χ0) is 13.9. The summed E-state index contributed by atoms with van der Waals surface area (Å²) >= 11 is 0. The van der Waals surface area contributed by atoms with E-state index in [2.05, 4.69) is 13.8 Å². The monoisotopic (exact) mass is 284 g/mol. The smallest absolute Gasteiger partial charge is 0.327 e. The molecule has 2 atom stereocenters. The van der Waals surface area contributed by atoms with Crippen LogP contribution in [0.15, 0.2) is 0 Å². The van der Waals surface area contributed by atoms with Crippen molar-refractivity contribution in [3.8, 4) is 0 Å². The van der Waals surface area contributed by atoms with Crippen molar-refractivity contribution in [3.05, 3.63) is 0 Å². The highest BCUT2D eigenvalue weighted by Crippen LogP contribution is 2.58. The van der Waals surface area contributed by atoms with Crippen LogP contribution in [0.2, 0.25) is 5.04 Å². The van der Waals surface area contributed by atoms with E-state index in [0.717, 1.165) is 17.8 Å². The number of hydrogen-bond donors (Lipinski definition) is 0. The van der Waals surface area contributed by atoms with E-state index in [1.54, 1.807) is 0 Å². The van der Waals surface area contributed by atoms with Crippen molar-refractivity contribution < 1.29 is 8.85 Å². The molecule has 2 unspecified atom stereocenters. The van der Waals surface area contributed by atoms with Gasteiger partial charge in [-0.3, -0.25) is 0 Å². The summed E-state index contributed by atoms with van der Waals surface area (Å²) in [6, 6.07) is 0. The van der Waals surface area contributed by atoms with Crippen LogP contribution in [0, 0.1) is 17.8 Å². The van der Waals surface area contributed by atoms with Crippen LogP contribution in [0.25, 0.3) is 0 Å². The lowest BCUT2D eigenvalue weighted by molar-refractivity contribution is 0.0990. The molecule has 2 nitrogen and oxygen atoms in total. The van der Waals surface area contributed by atoms with Crippen LogP contribution >= 0.6 is 0 Å². The van der Waals surface area contributed by atoms with Gasteiger partial charge in [0.05, 0.1) is 0 Å². The van der Waals surface area contributed by atoms with Crippen LogP contribution in [0.5, 0.6) is 0 Å². The molecule has 19 heavy (non-hydrogen) atoms. The van der Waals surface area contributed by atoms with Crippen molar-refractivity contribution in [2.75, 3.05) is 14.2 Å². The van der Waals surface area contributed by atoms with E-state index in [9.17, 15) is 0 Å². The van der Waals surface area contributed by atoms with Crippen LogP contribution in [-0.2, 0) is 8.85 Å². The normalized spacial score (nSPS) is 37.7. The lowest BCUT2D eigenvalue weighted by Crippen LogP contribution is -2.47. The summed E-state index contributed by atoms with van der Waals surface area (Å²) < 4.78 is 11.8. The maximum Gasteiger partial charge on any atom is 0.327 e. The van der Waals surface area contributed by atoms with Crippen molar-refractivity contribution in [2.45, 2.75) is 70.3 Å². The van der Waals surface area contributed by atoms with Gasteiger partial charge in [-0.15, -0.1) is 0 Å². The predicted molar refractivity (Wildman–Crippen MR) is 82.6 cm³/mol. The van der Waals surface area contributed by atoms with Gasteiger partial charge in [0.15, 0.2) is 0 Å². The molecule has 0 heterocycles. The van der Waals surface area contributed by atoms with Gasteiger partial charge in [0.2, 0.25) is 0 Å². The third-order valence-corrected chi connectivity index (χ3v) is 8.32. The third-order valence-electron chi connectivity index (χ3n) is 5.58. The average molecular weight is 285 g/mol. The van der Waals surface area contributed by atoms with E-state index in [1.807, 2.05) is 14.2 Å². The number of hydrogen-bond acceptors (Lipinski definition) is 2. The molecule has 0 bridgehead atoms. The molecular formula is C16H32O2Si. The Morgan fingerprint density at radius 3 is 1.89 bits per heavy atom. The third kappa shape index (κ3) is 3.25. The summed E-state index contributed by atoms with van der Waals surface area (Å²) in [6.07, 6.45) is 11.2. The summed E-state index contributed by atoms with van der Waals surface area (Å²) in [5, 5.41) is 0.404. The second-order valence-corrected chi connectivity index (χ2v) is 9.98.